The molecule has 1 aromatic heterocycles. The van der Waals surface area contributed by atoms with Crippen LogP contribution in [0, 0.1) is 0 Å². The molecule has 4 heteroatoms. The van der Waals surface area contributed by atoms with E-state index in [1.165, 1.54) is 7.11 Å². The van der Waals surface area contributed by atoms with Crippen molar-refractivity contribution in [3.63, 3.8) is 0 Å². The summed E-state index contributed by atoms with van der Waals surface area (Å²) in [5.41, 5.74) is 3.73. The molecular weight excluding hydrogens is 288 g/mol. The maximum absolute atomic E-state index is 11.5. The molecule has 0 aliphatic carbocycles. The lowest BCUT2D eigenvalue weighted by Gasteiger charge is -2.07. The molecule has 0 radical (unpaired) electrons. The Morgan fingerprint density at radius 2 is 1.96 bits per heavy atom. The van der Waals surface area contributed by atoms with Crippen molar-refractivity contribution in [3.05, 3.63) is 78.1 Å². The van der Waals surface area contributed by atoms with Crippen molar-refractivity contribution < 1.29 is 9.53 Å². The summed E-state index contributed by atoms with van der Waals surface area (Å²) in [7, 11) is 1.38. The second-order valence-corrected chi connectivity index (χ2v) is 5.28. The van der Waals surface area contributed by atoms with Crippen molar-refractivity contribution in [2.75, 3.05) is 7.11 Å². The van der Waals surface area contributed by atoms with E-state index in [1.54, 1.807) is 12.1 Å². The largest absolute Gasteiger partial charge is 0.465 e. The third-order valence-electron chi connectivity index (χ3n) is 3.78. The van der Waals surface area contributed by atoms with E-state index >= 15 is 0 Å². The highest BCUT2D eigenvalue weighted by atomic mass is 16.5. The number of aromatic nitrogens is 2. The average molecular weight is 306 g/mol. The van der Waals surface area contributed by atoms with Gasteiger partial charge in [0.05, 0.1) is 23.7 Å². The first kappa shape index (κ1) is 15.0. The van der Waals surface area contributed by atoms with Crippen LogP contribution in [0.25, 0.3) is 11.0 Å². The number of fused-ring (bicyclic) bond motifs is 1. The molecule has 0 aliphatic rings. The van der Waals surface area contributed by atoms with Gasteiger partial charge in [0.15, 0.2) is 0 Å². The van der Waals surface area contributed by atoms with Gasteiger partial charge in [-0.15, -0.1) is 6.58 Å². The summed E-state index contributed by atoms with van der Waals surface area (Å²) in [4.78, 5) is 16.2. The smallest absolute Gasteiger partial charge is 0.337 e. The minimum Gasteiger partial charge on any atom is -0.465 e. The number of nitrogens with zero attached hydrogens (tertiary/aromatic N) is 2. The zero-order valence-electron chi connectivity index (χ0n) is 13.0. The van der Waals surface area contributed by atoms with Gasteiger partial charge in [-0.1, -0.05) is 30.3 Å². The van der Waals surface area contributed by atoms with E-state index in [-0.39, 0.29) is 5.97 Å². The van der Waals surface area contributed by atoms with Crippen molar-refractivity contribution in [1.29, 1.82) is 0 Å². The van der Waals surface area contributed by atoms with Crippen LogP contribution < -0.4 is 0 Å². The predicted octanol–water partition coefficient (Wildman–Crippen LogP) is 3.60. The number of benzene rings is 2. The Kier molecular flexibility index (Phi) is 4.24. The Hall–Kier alpha value is -2.88. The summed E-state index contributed by atoms with van der Waals surface area (Å²) in [6.45, 7) is 4.55. The van der Waals surface area contributed by atoms with Gasteiger partial charge in [-0.2, -0.15) is 0 Å². The van der Waals surface area contributed by atoms with Gasteiger partial charge in [0.1, 0.15) is 5.82 Å². The van der Waals surface area contributed by atoms with E-state index in [1.807, 2.05) is 36.4 Å². The molecule has 23 heavy (non-hydrogen) atoms. The first-order valence-electron chi connectivity index (χ1n) is 7.45. The maximum Gasteiger partial charge on any atom is 0.337 e. The number of methoxy groups -OCH3 is 1. The number of esters is 1. The van der Waals surface area contributed by atoms with Crippen LogP contribution in [0.3, 0.4) is 0 Å². The molecule has 4 nitrogen and oxygen atoms in total. The van der Waals surface area contributed by atoms with Crippen LogP contribution in [-0.2, 0) is 17.7 Å². The van der Waals surface area contributed by atoms with Crippen LogP contribution in [-0.4, -0.2) is 22.6 Å². The molecule has 0 bridgehead atoms. The van der Waals surface area contributed by atoms with Gasteiger partial charge in [-0.25, -0.2) is 9.78 Å². The Morgan fingerprint density at radius 1 is 1.22 bits per heavy atom. The van der Waals surface area contributed by atoms with Gasteiger partial charge < -0.3 is 9.30 Å². The van der Waals surface area contributed by atoms with Crippen LogP contribution >= 0.6 is 0 Å². The third kappa shape index (κ3) is 3.01. The van der Waals surface area contributed by atoms with Gasteiger partial charge in [-0.3, -0.25) is 0 Å². The topological polar surface area (TPSA) is 44.1 Å². The van der Waals surface area contributed by atoms with Crippen molar-refractivity contribution in [2.45, 2.75) is 13.0 Å². The van der Waals surface area contributed by atoms with Crippen LogP contribution in [0.2, 0.25) is 0 Å². The average Bonchev–Trinajstić information content (AvgIpc) is 2.93. The number of rotatable bonds is 5. The van der Waals surface area contributed by atoms with Crippen LogP contribution in [0.4, 0.5) is 0 Å². The zero-order chi connectivity index (χ0) is 16.2. The van der Waals surface area contributed by atoms with Gasteiger partial charge in [-0.05, 0) is 29.8 Å². The molecule has 2 aromatic carbocycles. The molecule has 0 unspecified atom stereocenters. The molecule has 0 amide bonds. The number of para-hydroxylation sites is 2. The molecule has 3 aromatic rings. The second kappa shape index (κ2) is 6.48. The minimum atomic E-state index is -0.324. The van der Waals surface area contributed by atoms with E-state index in [0.29, 0.717) is 12.0 Å². The highest BCUT2D eigenvalue weighted by molar-refractivity contribution is 5.89. The number of carbonyl (C=O) groups excluding carboxylic acids is 1. The summed E-state index contributed by atoms with van der Waals surface area (Å²) in [5.74, 6) is 0.660. The highest BCUT2D eigenvalue weighted by Crippen LogP contribution is 2.19. The Labute approximate surface area is 135 Å². The Bertz CT molecular complexity index is 847. The molecule has 116 valence electrons. The fraction of sp³-hybridized carbons (Fsp3) is 0.158. The zero-order valence-corrected chi connectivity index (χ0v) is 13.0. The van der Waals surface area contributed by atoms with E-state index in [0.717, 1.165) is 29.0 Å². The molecule has 3 rings (SSSR count). The van der Waals surface area contributed by atoms with E-state index in [4.69, 9.17) is 9.72 Å². The highest BCUT2D eigenvalue weighted by Gasteiger charge is 2.11. The second-order valence-electron chi connectivity index (χ2n) is 5.28. The molecular formula is C19H18N2O2. The maximum atomic E-state index is 11.5. The fourth-order valence-electron chi connectivity index (χ4n) is 2.65. The summed E-state index contributed by atoms with van der Waals surface area (Å²) >= 11 is 0. The summed E-state index contributed by atoms with van der Waals surface area (Å²) in [6.07, 6.45) is 2.57. The summed E-state index contributed by atoms with van der Waals surface area (Å²) < 4.78 is 6.88. The fourth-order valence-corrected chi connectivity index (χ4v) is 2.65. The van der Waals surface area contributed by atoms with Crippen LogP contribution in [0.1, 0.15) is 21.7 Å². The van der Waals surface area contributed by atoms with Crippen LogP contribution in [0.15, 0.2) is 61.2 Å². The lowest BCUT2D eigenvalue weighted by atomic mass is 10.1. The van der Waals surface area contributed by atoms with Crippen LogP contribution in [0.5, 0.6) is 0 Å². The standard InChI is InChI=1S/C19H18N2O2/c1-3-12-21-17-7-5-4-6-16(17)20-18(21)13-14-8-10-15(11-9-14)19(22)23-2/h3-11H,1,12-13H2,2H3. The lowest BCUT2D eigenvalue weighted by Crippen LogP contribution is -2.04. The van der Waals surface area contributed by atoms with Crippen molar-refractivity contribution in [1.82, 2.24) is 9.55 Å². The SMILES string of the molecule is C=CCn1c(Cc2ccc(C(=O)OC)cc2)nc2ccccc21. The molecule has 1 heterocycles. The lowest BCUT2D eigenvalue weighted by molar-refractivity contribution is 0.0600. The first-order valence-corrected chi connectivity index (χ1v) is 7.45. The van der Waals surface area contributed by atoms with Crippen molar-refractivity contribution >= 4 is 17.0 Å². The quantitative estimate of drug-likeness (QED) is 0.534. The van der Waals surface area contributed by atoms with E-state index < -0.39 is 0 Å². The van der Waals surface area contributed by atoms with Crippen molar-refractivity contribution in [2.24, 2.45) is 0 Å². The molecule has 0 atom stereocenters. The Balaban J connectivity index is 1.93. The molecule has 0 saturated heterocycles. The van der Waals surface area contributed by atoms with E-state index in [2.05, 4.69) is 17.2 Å². The monoisotopic (exact) mass is 306 g/mol. The number of hydrogen-bond donors (Lipinski definition) is 0. The van der Waals surface area contributed by atoms with E-state index in [9.17, 15) is 4.79 Å². The van der Waals surface area contributed by atoms with Gasteiger partial charge >= 0.3 is 5.97 Å². The number of hydrogen-bond acceptors (Lipinski definition) is 3. The number of allylic oxidation sites excluding steroid dienone is 1. The molecule has 0 spiro atoms. The van der Waals surface area contributed by atoms with Gasteiger partial charge in [0.25, 0.3) is 0 Å². The van der Waals surface area contributed by atoms with Crippen molar-refractivity contribution in [3.8, 4) is 0 Å². The molecule has 0 fully saturated rings. The van der Waals surface area contributed by atoms with Gasteiger partial charge in [0, 0.05) is 13.0 Å². The number of ether oxygens (including phenoxy) is 1. The molecule has 0 N–H and O–H groups in total. The third-order valence-corrected chi connectivity index (χ3v) is 3.78. The normalized spacial score (nSPS) is 10.7. The first-order chi connectivity index (χ1) is 11.2. The molecule has 0 saturated carbocycles. The summed E-state index contributed by atoms with van der Waals surface area (Å²) in [6, 6.07) is 15.5. The number of imidazole rings is 1. The molecule has 0 aliphatic heterocycles. The van der Waals surface area contributed by atoms with Gasteiger partial charge in [0.2, 0.25) is 0 Å². The predicted molar refractivity (Wildman–Crippen MR) is 90.5 cm³/mol. The number of carbonyl (C=O) groups is 1. The summed E-state index contributed by atoms with van der Waals surface area (Å²) in [5, 5.41) is 0. The Morgan fingerprint density at radius 3 is 2.65 bits per heavy atom. The minimum absolute atomic E-state index is 0.324.